The number of carboxylic acids is 1. The maximum absolute atomic E-state index is 10.7. The van der Waals surface area contributed by atoms with E-state index in [-0.39, 0.29) is 12.8 Å². The number of amides is 2. The molecular weight excluding hydrogens is 192 g/mol. The molecule has 82 valence electrons. The van der Waals surface area contributed by atoms with Crippen molar-refractivity contribution in [1.29, 1.82) is 0 Å². The van der Waals surface area contributed by atoms with Crippen LogP contribution in [0.25, 0.3) is 0 Å². The zero-order valence-electron chi connectivity index (χ0n) is 7.82. The molecule has 0 aromatic heterocycles. The molecule has 14 heavy (non-hydrogen) atoms. The summed E-state index contributed by atoms with van der Waals surface area (Å²) >= 11 is 0. The standard InChI is InChI=1S/C6H10N2O4.CH4O/c7-4(9)1-2-5(10)8-3-6(11)12;1-2/h1-3H2,(H2,7,9)(H,8,10)(H,11,12);2H,1H3. The van der Waals surface area contributed by atoms with Gasteiger partial charge in [0.05, 0.1) is 0 Å². The van der Waals surface area contributed by atoms with E-state index in [0.717, 1.165) is 7.11 Å². The van der Waals surface area contributed by atoms with Crippen molar-refractivity contribution in [3.8, 4) is 0 Å². The molecule has 2 amide bonds. The number of carbonyl (C=O) groups is 3. The Kier molecular flexibility index (Phi) is 10.0. The summed E-state index contributed by atoms with van der Waals surface area (Å²) in [5, 5.41) is 17.2. The minimum absolute atomic E-state index is 0.0640. The van der Waals surface area contributed by atoms with E-state index >= 15 is 0 Å². The summed E-state index contributed by atoms with van der Waals surface area (Å²) < 4.78 is 0. The number of nitrogens with two attached hydrogens (primary N) is 1. The van der Waals surface area contributed by atoms with Crippen molar-refractivity contribution in [1.82, 2.24) is 5.32 Å². The van der Waals surface area contributed by atoms with Crippen LogP contribution in [0.2, 0.25) is 0 Å². The zero-order valence-corrected chi connectivity index (χ0v) is 7.82. The van der Waals surface area contributed by atoms with Crippen molar-refractivity contribution < 1.29 is 24.6 Å². The third-order valence-corrected chi connectivity index (χ3v) is 1.04. The third-order valence-electron chi connectivity index (χ3n) is 1.04. The Morgan fingerprint density at radius 3 is 2.07 bits per heavy atom. The summed E-state index contributed by atoms with van der Waals surface area (Å²) in [4.78, 5) is 30.8. The minimum Gasteiger partial charge on any atom is -0.480 e. The van der Waals surface area contributed by atoms with Gasteiger partial charge in [-0.25, -0.2) is 0 Å². The van der Waals surface area contributed by atoms with Crippen LogP contribution in [-0.2, 0) is 14.4 Å². The normalized spacial score (nSPS) is 8.14. The van der Waals surface area contributed by atoms with E-state index in [2.05, 4.69) is 5.32 Å². The molecule has 0 heterocycles. The van der Waals surface area contributed by atoms with Crippen molar-refractivity contribution in [2.75, 3.05) is 13.7 Å². The van der Waals surface area contributed by atoms with Gasteiger partial charge in [0.2, 0.25) is 11.8 Å². The summed E-state index contributed by atoms with van der Waals surface area (Å²) in [5.74, 6) is -2.20. The Hall–Kier alpha value is -1.63. The summed E-state index contributed by atoms with van der Waals surface area (Å²) in [6, 6.07) is 0. The lowest BCUT2D eigenvalue weighted by Gasteiger charge is -1.99. The number of carboxylic acid groups (broad SMARTS) is 1. The summed E-state index contributed by atoms with van der Waals surface area (Å²) in [5.41, 5.74) is 4.76. The van der Waals surface area contributed by atoms with Crippen LogP contribution in [0, 0.1) is 0 Å². The molecule has 0 rings (SSSR count). The van der Waals surface area contributed by atoms with E-state index in [1.165, 1.54) is 0 Å². The lowest BCUT2D eigenvalue weighted by Crippen LogP contribution is -2.29. The van der Waals surface area contributed by atoms with Crippen LogP contribution in [0.4, 0.5) is 0 Å². The molecule has 0 radical (unpaired) electrons. The van der Waals surface area contributed by atoms with Gasteiger partial charge in [-0.2, -0.15) is 0 Å². The van der Waals surface area contributed by atoms with Crippen molar-refractivity contribution in [2.24, 2.45) is 5.73 Å². The summed E-state index contributed by atoms with van der Waals surface area (Å²) in [7, 11) is 1.00. The number of hydrogen-bond donors (Lipinski definition) is 4. The Morgan fingerprint density at radius 1 is 1.21 bits per heavy atom. The monoisotopic (exact) mass is 206 g/mol. The van der Waals surface area contributed by atoms with Crippen molar-refractivity contribution in [3.05, 3.63) is 0 Å². The molecule has 0 aromatic rings. The van der Waals surface area contributed by atoms with Crippen molar-refractivity contribution >= 4 is 17.8 Å². The fraction of sp³-hybridized carbons (Fsp3) is 0.571. The SMILES string of the molecule is CO.NC(=O)CCC(=O)NCC(=O)O. The highest BCUT2D eigenvalue weighted by atomic mass is 16.4. The molecule has 0 aliphatic rings. The van der Waals surface area contributed by atoms with Crippen LogP contribution in [0.5, 0.6) is 0 Å². The average Bonchev–Trinajstić information content (AvgIpc) is 2.14. The molecule has 0 aliphatic heterocycles. The fourth-order valence-electron chi connectivity index (χ4n) is 0.499. The van der Waals surface area contributed by atoms with Gasteiger partial charge < -0.3 is 21.3 Å². The second-order valence-corrected chi connectivity index (χ2v) is 2.14. The lowest BCUT2D eigenvalue weighted by atomic mass is 10.3. The maximum Gasteiger partial charge on any atom is 0.322 e. The molecule has 0 atom stereocenters. The third kappa shape index (κ3) is 13.0. The van der Waals surface area contributed by atoms with Gasteiger partial charge in [0.15, 0.2) is 0 Å². The number of aliphatic carboxylic acids is 1. The maximum atomic E-state index is 10.7. The zero-order chi connectivity index (χ0) is 11.6. The van der Waals surface area contributed by atoms with E-state index in [9.17, 15) is 14.4 Å². The number of primary amides is 1. The molecule has 7 heteroatoms. The quantitative estimate of drug-likeness (QED) is 0.416. The van der Waals surface area contributed by atoms with E-state index in [4.69, 9.17) is 15.9 Å². The van der Waals surface area contributed by atoms with Gasteiger partial charge in [0.25, 0.3) is 0 Å². The second-order valence-electron chi connectivity index (χ2n) is 2.14. The van der Waals surface area contributed by atoms with E-state index in [1.54, 1.807) is 0 Å². The molecule has 0 fully saturated rings. The minimum atomic E-state index is -1.12. The van der Waals surface area contributed by atoms with Gasteiger partial charge in [-0.1, -0.05) is 0 Å². The summed E-state index contributed by atoms with van der Waals surface area (Å²) in [6.07, 6.45) is -0.131. The smallest absolute Gasteiger partial charge is 0.322 e. The number of aliphatic hydroxyl groups is 1. The largest absolute Gasteiger partial charge is 0.480 e. The predicted molar refractivity (Wildman–Crippen MR) is 47.2 cm³/mol. The molecule has 0 aromatic carbocycles. The van der Waals surface area contributed by atoms with Gasteiger partial charge >= 0.3 is 5.97 Å². The van der Waals surface area contributed by atoms with E-state index < -0.39 is 24.3 Å². The molecule has 5 N–H and O–H groups in total. The van der Waals surface area contributed by atoms with E-state index in [0.29, 0.717) is 0 Å². The Bertz CT molecular complexity index is 184. The average molecular weight is 206 g/mol. The van der Waals surface area contributed by atoms with Crippen LogP contribution in [-0.4, -0.2) is 41.7 Å². The number of aliphatic hydroxyl groups excluding tert-OH is 1. The molecule has 0 aliphatic carbocycles. The summed E-state index contributed by atoms with van der Waals surface area (Å²) in [6.45, 7) is -0.433. The topological polar surface area (TPSA) is 130 Å². The van der Waals surface area contributed by atoms with Gasteiger partial charge in [-0.05, 0) is 0 Å². The highest BCUT2D eigenvalue weighted by Gasteiger charge is 2.04. The molecule has 0 bridgehead atoms. The van der Waals surface area contributed by atoms with Crippen LogP contribution >= 0.6 is 0 Å². The van der Waals surface area contributed by atoms with Crippen molar-refractivity contribution in [3.63, 3.8) is 0 Å². The van der Waals surface area contributed by atoms with Crippen LogP contribution in [0.1, 0.15) is 12.8 Å². The first-order valence-corrected chi connectivity index (χ1v) is 3.74. The Labute approximate surface area is 80.9 Å². The number of hydrogen-bond acceptors (Lipinski definition) is 4. The van der Waals surface area contributed by atoms with Gasteiger partial charge in [0, 0.05) is 20.0 Å². The molecule has 0 saturated heterocycles. The first-order valence-electron chi connectivity index (χ1n) is 3.74. The Balaban J connectivity index is 0. The first-order chi connectivity index (χ1) is 6.52. The van der Waals surface area contributed by atoms with Crippen LogP contribution < -0.4 is 11.1 Å². The second kappa shape index (κ2) is 9.46. The van der Waals surface area contributed by atoms with Crippen LogP contribution in [0.3, 0.4) is 0 Å². The highest BCUT2D eigenvalue weighted by molar-refractivity contribution is 5.84. The first kappa shape index (κ1) is 14.9. The van der Waals surface area contributed by atoms with Gasteiger partial charge in [0.1, 0.15) is 6.54 Å². The number of nitrogens with one attached hydrogen (secondary N) is 1. The molecular formula is C7H14N2O5. The van der Waals surface area contributed by atoms with Gasteiger partial charge in [-0.3, -0.25) is 14.4 Å². The fourth-order valence-corrected chi connectivity index (χ4v) is 0.499. The van der Waals surface area contributed by atoms with Crippen LogP contribution in [0.15, 0.2) is 0 Å². The molecule has 0 spiro atoms. The molecule has 7 nitrogen and oxygen atoms in total. The van der Waals surface area contributed by atoms with E-state index in [1.807, 2.05) is 0 Å². The number of rotatable bonds is 5. The number of carbonyl (C=O) groups excluding carboxylic acids is 2. The molecule has 0 saturated carbocycles. The lowest BCUT2D eigenvalue weighted by molar-refractivity contribution is -0.138. The predicted octanol–water partition coefficient (Wildman–Crippen LogP) is -1.94. The van der Waals surface area contributed by atoms with Crippen molar-refractivity contribution in [2.45, 2.75) is 12.8 Å². The Morgan fingerprint density at radius 2 is 1.71 bits per heavy atom. The molecule has 0 unspecified atom stereocenters. The highest BCUT2D eigenvalue weighted by Crippen LogP contribution is 1.85. The van der Waals surface area contributed by atoms with Gasteiger partial charge in [-0.15, -0.1) is 0 Å².